The van der Waals surface area contributed by atoms with Crippen LogP contribution in [0, 0.1) is 25.7 Å². The van der Waals surface area contributed by atoms with Gasteiger partial charge < -0.3 is 5.32 Å². The lowest BCUT2D eigenvalue weighted by atomic mass is 9.78. The van der Waals surface area contributed by atoms with E-state index in [9.17, 15) is 4.79 Å². The average molecular weight is 387 g/mol. The zero-order valence-corrected chi connectivity index (χ0v) is 17.8. The van der Waals surface area contributed by atoms with Gasteiger partial charge in [-0.2, -0.15) is 0 Å². The van der Waals surface area contributed by atoms with Gasteiger partial charge in [-0.15, -0.1) is 0 Å². The number of aromatic nitrogens is 1. The molecule has 3 nitrogen and oxygen atoms in total. The second kappa shape index (κ2) is 7.98. The molecule has 3 aromatic rings. The monoisotopic (exact) mass is 386 g/mol. The maximum atomic E-state index is 13.3. The molecule has 0 spiro atoms. The van der Waals surface area contributed by atoms with Crippen LogP contribution < -0.4 is 5.32 Å². The summed E-state index contributed by atoms with van der Waals surface area (Å²) in [6, 6.07) is 16.5. The maximum absolute atomic E-state index is 13.3. The molecule has 3 atom stereocenters. The Morgan fingerprint density at radius 1 is 1.00 bits per heavy atom. The summed E-state index contributed by atoms with van der Waals surface area (Å²) < 4.78 is 0. The smallest absolute Gasteiger partial charge is 0.252 e. The lowest BCUT2D eigenvalue weighted by Crippen LogP contribution is -2.43. The first-order valence-electron chi connectivity index (χ1n) is 10.7. The van der Waals surface area contributed by atoms with E-state index in [0.717, 1.165) is 28.6 Å². The lowest BCUT2D eigenvalue weighted by molar-refractivity contribution is 0.0892. The van der Waals surface area contributed by atoms with E-state index in [-0.39, 0.29) is 11.9 Å². The Morgan fingerprint density at radius 3 is 2.59 bits per heavy atom. The average Bonchev–Trinajstić information content (AvgIpc) is 2.72. The van der Waals surface area contributed by atoms with Crippen molar-refractivity contribution in [1.29, 1.82) is 0 Å². The highest BCUT2D eigenvalue weighted by Crippen LogP contribution is 2.31. The Balaban J connectivity index is 1.74. The molecule has 1 aliphatic rings. The summed E-state index contributed by atoms with van der Waals surface area (Å²) in [4.78, 5) is 18.2. The maximum Gasteiger partial charge on any atom is 0.252 e. The number of carbonyl (C=O) groups is 1. The van der Waals surface area contributed by atoms with Crippen molar-refractivity contribution in [1.82, 2.24) is 10.3 Å². The Kier molecular flexibility index (Phi) is 5.40. The summed E-state index contributed by atoms with van der Waals surface area (Å²) in [6.07, 6.45) is 3.49. The zero-order valence-electron chi connectivity index (χ0n) is 17.8. The third kappa shape index (κ3) is 3.91. The number of fused-ring (bicyclic) bond motifs is 1. The van der Waals surface area contributed by atoms with Crippen LogP contribution >= 0.6 is 0 Å². The van der Waals surface area contributed by atoms with Gasteiger partial charge in [-0.05, 0) is 61.4 Å². The molecule has 0 aliphatic heterocycles. The first-order chi connectivity index (χ1) is 13.9. The molecule has 4 rings (SSSR count). The molecular weight excluding hydrogens is 356 g/mol. The van der Waals surface area contributed by atoms with Crippen LogP contribution in [0.5, 0.6) is 0 Å². The molecule has 150 valence electrons. The van der Waals surface area contributed by atoms with Crippen LogP contribution in [-0.4, -0.2) is 16.9 Å². The number of nitrogens with zero attached hydrogens (tertiary/aromatic N) is 1. The number of rotatable bonds is 3. The second-order valence-corrected chi connectivity index (χ2v) is 8.72. The quantitative estimate of drug-likeness (QED) is 0.593. The molecule has 1 amide bonds. The molecule has 3 unspecified atom stereocenters. The van der Waals surface area contributed by atoms with Gasteiger partial charge in [-0.1, -0.05) is 57.0 Å². The summed E-state index contributed by atoms with van der Waals surface area (Å²) in [6.45, 7) is 8.78. The number of nitrogens with one attached hydrogen (secondary N) is 1. The van der Waals surface area contributed by atoms with E-state index in [1.807, 2.05) is 30.3 Å². The summed E-state index contributed by atoms with van der Waals surface area (Å²) in [5, 5.41) is 4.25. The second-order valence-electron chi connectivity index (χ2n) is 8.72. The van der Waals surface area contributed by atoms with E-state index >= 15 is 0 Å². The van der Waals surface area contributed by atoms with Crippen LogP contribution in [0.25, 0.3) is 22.2 Å². The molecular formula is C26H30N2O. The molecule has 1 aromatic heterocycles. The van der Waals surface area contributed by atoms with Crippen LogP contribution in [0.2, 0.25) is 0 Å². The normalized spacial score (nSPS) is 21.9. The first kappa shape index (κ1) is 19.6. The Morgan fingerprint density at radius 2 is 1.79 bits per heavy atom. The molecule has 1 aliphatic carbocycles. The molecule has 0 saturated heterocycles. The standard InChI is InChI=1S/C26H30N2O/c1-16-12-13-20(14-18(16)3)25-15-22(21-9-5-6-10-24(21)27-25)26(29)28-23-11-7-8-17(2)19(23)4/h5-6,9-10,12-15,17,19,23H,7-8,11H2,1-4H3,(H,28,29). The lowest BCUT2D eigenvalue weighted by Gasteiger charge is -2.34. The van der Waals surface area contributed by atoms with Gasteiger partial charge in [-0.3, -0.25) is 4.79 Å². The van der Waals surface area contributed by atoms with E-state index < -0.39 is 0 Å². The third-order valence-corrected chi connectivity index (χ3v) is 6.79. The SMILES string of the molecule is Cc1ccc(-c2cc(C(=O)NC3CCCC(C)C3C)c3ccccc3n2)cc1C. The van der Waals surface area contributed by atoms with Crippen molar-refractivity contribution in [2.45, 2.75) is 53.0 Å². The summed E-state index contributed by atoms with van der Waals surface area (Å²) >= 11 is 0. The van der Waals surface area contributed by atoms with Gasteiger partial charge in [0.1, 0.15) is 0 Å². The molecule has 1 N–H and O–H groups in total. The van der Waals surface area contributed by atoms with Crippen LogP contribution in [0.4, 0.5) is 0 Å². The fourth-order valence-electron chi connectivity index (χ4n) is 4.44. The predicted octanol–water partition coefficient (Wildman–Crippen LogP) is 6.07. The van der Waals surface area contributed by atoms with Gasteiger partial charge in [0.05, 0.1) is 16.8 Å². The molecule has 0 bridgehead atoms. The molecule has 1 fully saturated rings. The molecule has 1 saturated carbocycles. The van der Waals surface area contributed by atoms with Crippen molar-refractivity contribution in [3.63, 3.8) is 0 Å². The van der Waals surface area contributed by atoms with E-state index in [0.29, 0.717) is 17.4 Å². The first-order valence-corrected chi connectivity index (χ1v) is 10.7. The van der Waals surface area contributed by atoms with E-state index in [1.165, 1.54) is 24.0 Å². The number of amides is 1. The van der Waals surface area contributed by atoms with Gasteiger partial charge in [0.2, 0.25) is 0 Å². The third-order valence-electron chi connectivity index (χ3n) is 6.79. The number of carbonyl (C=O) groups excluding carboxylic acids is 1. The summed E-state index contributed by atoms with van der Waals surface area (Å²) in [7, 11) is 0. The highest BCUT2D eigenvalue weighted by molar-refractivity contribution is 6.07. The van der Waals surface area contributed by atoms with Crippen molar-refractivity contribution < 1.29 is 4.79 Å². The number of para-hydroxylation sites is 1. The fraction of sp³-hybridized carbons (Fsp3) is 0.385. The van der Waals surface area contributed by atoms with Gasteiger partial charge in [0.25, 0.3) is 5.91 Å². The topological polar surface area (TPSA) is 42.0 Å². The summed E-state index contributed by atoms with van der Waals surface area (Å²) in [5.41, 5.74) is 5.96. The highest BCUT2D eigenvalue weighted by atomic mass is 16.1. The number of benzene rings is 2. The van der Waals surface area contributed by atoms with Gasteiger partial charge in [-0.25, -0.2) is 4.98 Å². The van der Waals surface area contributed by atoms with Crippen LogP contribution in [-0.2, 0) is 0 Å². The van der Waals surface area contributed by atoms with Crippen molar-refractivity contribution in [3.8, 4) is 11.3 Å². The minimum atomic E-state index is 0.0135. The van der Waals surface area contributed by atoms with E-state index in [4.69, 9.17) is 4.98 Å². The highest BCUT2D eigenvalue weighted by Gasteiger charge is 2.29. The summed E-state index contributed by atoms with van der Waals surface area (Å²) in [5.74, 6) is 1.16. The number of aryl methyl sites for hydroxylation is 2. The van der Waals surface area contributed by atoms with Crippen molar-refractivity contribution >= 4 is 16.8 Å². The zero-order chi connectivity index (χ0) is 20.5. The minimum absolute atomic E-state index is 0.0135. The van der Waals surface area contributed by atoms with Gasteiger partial charge in [0.15, 0.2) is 0 Å². The molecule has 2 aromatic carbocycles. The van der Waals surface area contributed by atoms with Gasteiger partial charge in [0, 0.05) is 17.0 Å². The van der Waals surface area contributed by atoms with Crippen LogP contribution in [0.3, 0.4) is 0 Å². The van der Waals surface area contributed by atoms with Crippen molar-refractivity contribution in [2.75, 3.05) is 0 Å². The molecule has 29 heavy (non-hydrogen) atoms. The predicted molar refractivity (Wildman–Crippen MR) is 120 cm³/mol. The molecule has 0 radical (unpaired) electrons. The van der Waals surface area contributed by atoms with Crippen LogP contribution in [0.15, 0.2) is 48.5 Å². The van der Waals surface area contributed by atoms with Crippen molar-refractivity contribution in [3.05, 3.63) is 65.2 Å². The van der Waals surface area contributed by atoms with Gasteiger partial charge >= 0.3 is 0 Å². The van der Waals surface area contributed by atoms with Crippen molar-refractivity contribution in [2.24, 2.45) is 11.8 Å². The van der Waals surface area contributed by atoms with E-state index in [2.05, 4.69) is 51.2 Å². The van der Waals surface area contributed by atoms with Crippen LogP contribution in [0.1, 0.15) is 54.6 Å². The Hall–Kier alpha value is -2.68. The molecule has 3 heteroatoms. The minimum Gasteiger partial charge on any atom is -0.349 e. The number of hydrogen-bond acceptors (Lipinski definition) is 2. The number of pyridine rings is 1. The fourth-order valence-corrected chi connectivity index (χ4v) is 4.44. The number of hydrogen-bond donors (Lipinski definition) is 1. The molecule has 1 heterocycles. The largest absolute Gasteiger partial charge is 0.349 e. The van der Waals surface area contributed by atoms with E-state index in [1.54, 1.807) is 0 Å². The Bertz CT molecular complexity index is 1060. The Labute approximate surface area is 173 Å².